The molecule has 1 unspecified atom stereocenters. The van der Waals surface area contributed by atoms with Gasteiger partial charge in [-0.25, -0.2) is 0 Å². The summed E-state index contributed by atoms with van der Waals surface area (Å²) in [5, 5.41) is 9.90. The number of nitrogen functional groups attached to an aromatic ring is 1. The van der Waals surface area contributed by atoms with E-state index in [2.05, 4.69) is 4.90 Å². The van der Waals surface area contributed by atoms with Gasteiger partial charge in [0.2, 0.25) is 0 Å². The molecule has 1 fully saturated rings. The normalized spacial score (nSPS) is 21.5. The molecule has 0 aromatic heterocycles. The van der Waals surface area contributed by atoms with Gasteiger partial charge >= 0.3 is 0 Å². The van der Waals surface area contributed by atoms with Gasteiger partial charge < -0.3 is 10.8 Å². The van der Waals surface area contributed by atoms with E-state index in [0.29, 0.717) is 5.02 Å². The molecule has 2 rings (SSSR count). The first-order valence-corrected chi connectivity index (χ1v) is 5.97. The molecule has 3 nitrogen and oxygen atoms in total. The number of hydrogen-bond acceptors (Lipinski definition) is 3. The van der Waals surface area contributed by atoms with Crippen molar-refractivity contribution in [2.45, 2.75) is 25.4 Å². The first kappa shape index (κ1) is 11.7. The van der Waals surface area contributed by atoms with Gasteiger partial charge in [-0.15, -0.1) is 0 Å². The van der Waals surface area contributed by atoms with E-state index in [0.717, 1.165) is 37.2 Å². The summed E-state index contributed by atoms with van der Waals surface area (Å²) in [6, 6.07) is 5.89. The largest absolute Gasteiger partial charge is 0.398 e. The van der Waals surface area contributed by atoms with Gasteiger partial charge in [0, 0.05) is 23.3 Å². The maximum atomic E-state index is 9.23. The second-order valence-corrected chi connectivity index (χ2v) is 4.73. The highest BCUT2D eigenvalue weighted by molar-refractivity contribution is 6.30. The molecule has 0 bridgehead atoms. The summed E-state index contributed by atoms with van der Waals surface area (Å²) in [6.45, 7) is 2.06. The molecule has 1 heterocycles. The number of halogens is 1. The van der Waals surface area contributed by atoms with Gasteiger partial charge in [0.1, 0.15) is 0 Å². The number of benzene rings is 1. The molecule has 1 aliphatic rings. The minimum Gasteiger partial charge on any atom is -0.398 e. The Morgan fingerprint density at radius 3 is 3.00 bits per heavy atom. The minimum atomic E-state index is 0.230. The predicted molar refractivity (Wildman–Crippen MR) is 66.4 cm³/mol. The Labute approximate surface area is 101 Å². The lowest BCUT2D eigenvalue weighted by Gasteiger charge is -2.23. The second kappa shape index (κ2) is 5.04. The zero-order valence-electron chi connectivity index (χ0n) is 9.19. The fraction of sp³-hybridized carbons (Fsp3) is 0.500. The van der Waals surface area contributed by atoms with Crippen LogP contribution >= 0.6 is 11.6 Å². The van der Waals surface area contributed by atoms with Crippen molar-refractivity contribution in [2.24, 2.45) is 0 Å². The van der Waals surface area contributed by atoms with Gasteiger partial charge in [-0.1, -0.05) is 17.7 Å². The van der Waals surface area contributed by atoms with Gasteiger partial charge in [0.15, 0.2) is 0 Å². The smallest absolute Gasteiger partial charge is 0.0587 e. The maximum Gasteiger partial charge on any atom is 0.0587 e. The Balaban J connectivity index is 2.08. The van der Waals surface area contributed by atoms with Crippen molar-refractivity contribution in [1.82, 2.24) is 4.90 Å². The summed E-state index contributed by atoms with van der Waals surface area (Å²) in [7, 11) is 0. The molecule has 0 radical (unpaired) electrons. The van der Waals surface area contributed by atoms with E-state index in [1.54, 1.807) is 6.07 Å². The van der Waals surface area contributed by atoms with Crippen LogP contribution in [0.5, 0.6) is 0 Å². The molecule has 1 aromatic rings. The Morgan fingerprint density at radius 1 is 1.50 bits per heavy atom. The van der Waals surface area contributed by atoms with Crippen molar-refractivity contribution in [3.05, 3.63) is 28.8 Å². The summed E-state index contributed by atoms with van der Waals surface area (Å²) in [4.78, 5) is 2.28. The average molecular weight is 241 g/mol. The number of nitrogens with zero attached hydrogens (tertiary/aromatic N) is 1. The molecule has 4 heteroatoms. The van der Waals surface area contributed by atoms with E-state index in [4.69, 9.17) is 17.3 Å². The standard InChI is InChI=1S/C12H17ClN2O/c13-10-4-3-9(12(14)6-10)7-15-5-1-2-11(15)8-16/h3-4,6,11,16H,1-2,5,7-8,14H2. The van der Waals surface area contributed by atoms with Crippen LogP contribution in [-0.4, -0.2) is 29.2 Å². The van der Waals surface area contributed by atoms with Crippen LogP contribution in [0.25, 0.3) is 0 Å². The van der Waals surface area contributed by atoms with Crippen LogP contribution in [0, 0.1) is 0 Å². The lowest BCUT2D eigenvalue weighted by molar-refractivity contribution is 0.154. The number of anilines is 1. The molecule has 1 saturated heterocycles. The zero-order valence-corrected chi connectivity index (χ0v) is 9.95. The SMILES string of the molecule is Nc1cc(Cl)ccc1CN1CCCC1CO. The number of nitrogens with two attached hydrogens (primary N) is 1. The van der Waals surface area contributed by atoms with Gasteiger partial charge in [-0.05, 0) is 37.1 Å². The Morgan fingerprint density at radius 2 is 2.31 bits per heavy atom. The molecule has 1 aliphatic heterocycles. The number of likely N-dealkylation sites (tertiary alicyclic amines) is 1. The van der Waals surface area contributed by atoms with Crippen LogP contribution in [0.2, 0.25) is 5.02 Å². The summed E-state index contributed by atoms with van der Waals surface area (Å²) >= 11 is 5.86. The minimum absolute atomic E-state index is 0.230. The molecule has 1 aromatic carbocycles. The van der Waals surface area contributed by atoms with E-state index in [-0.39, 0.29) is 12.6 Å². The summed E-state index contributed by atoms with van der Waals surface area (Å²) in [5.74, 6) is 0. The highest BCUT2D eigenvalue weighted by Gasteiger charge is 2.23. The van der Waals surface area contributed by atoms with E-state index in [1.807, 2.05) is 12.1 Å². The molecule has 0 spiro atoms. The number of aliphatic hydroxyl groups excluding tert-OH is 1. The lowest BCUT2D eigenvalue weighted by atomic mass is 10.1. The average Bonchev–Trinajstić information content (AvgIpc) is 2.69. The van der Waals surface area contributed by atoms with Crippen molar-refractivity contribution in [3.63, 3.8) is 0 Å². The van der Waals surface area contributed by atoms with Crippen molar-refractivity contribution in [2.75, 3.05) is 18.9 Å². The first-order chi connectivity index (χ1) is 7.70. The van der Waals surface area contributed by atoms with Crippen molar-refractivity contribution in [3.8, 4) is 0 Å². The van der Waals surface area contributed by atoms with Crippen LogP contribution in [-0.2, 0) is 6.54 Å². The number of aliphatic hydroxyl groups is 1. The Kier molecular flexibility index (Phi) is 3.69. The van der Waals surface area contributed by atoms with E-state index >= 15 is 0 Å². The fourth-order valence-corrected chi connectivity index (χ4v) is 2.42. The monoisotopic (exact) mass is 240 g/mol. The van der Waals surface area contributed by atoms with Gasteiger partial charge in [-0.2, -0.15) is 0 Å². The Bertz CT molecular complexity index is 370. The molecule has 1 atom stereocenters. The van der Waals surface area contributed by atoms with Gasteiger partial charge in [0.25, 0.3) is 0 Å². The summed E-state index contributed by atoms with van der Waals surface area (Å²) < 4.78 is 0. The topological polar surface area (TPSA) is 49.5 Å². The molecule has 3 N–H and O–H groups in total. The van der Waals surface area contributed by atoms with Crippen molar-refractivity contribution >= 4 is 17.3 Å². The van der Waals surface area contributed by atoms with Gasteiger partial charge in [-0.3, -0.25) is 4.90 Å². The van der Waals surface area contributed by atoms with E-state index in [9.17, 15) is 5.11 Å². The number of rotatable bonds is 3. The van der Waals surface area contributed by atoms with E-state index in [1.165, 1.54) is 0 Å². The fourth-order valence-electron chi connectivity index (χ4n) is 2.24. The van der Waals surface area contributed by atoms with Crippen LogP contribution in [0.15, 0.2) is 18.2 Å². The third-order valence-electron chi connectivity index (χ3n) is 3.19. The molecule has 0 saturated carbocycles. The summed E-state index contributed by atoms with van der Waals surface area (Å²) in [6.07, 6.45) is 2.22. The van der Waals surface area contributed by atoms with Crippen LogP contribution in [0.3, 0.4) is 0 Å². The predicted octanol–water partition coefficient (Wildman–Crippen LogP) is 1.88. The molecule has 0 aliphatic carbocycles. The summed E-state index contributed by atoms with van der Waals surface area (Å²) in [5.41, 5.74) is 7.73. The zero-order chi connectivity index (χ0) is 11.5. The van der Waals surface area contributed by atoms with E-state index < -0.39 is 0 Å². The third kappa shape index (κ3) is 2.48. The molecule has 88 valence electrons. The molecule has 16 heavy (non-hydrogen) atoms. The second-order valence-electron chi connectivity index (χ2n) is 4.29. The van der Waals surface area contributed by atoms with Gasteiger partial charge in [0.05, 0.1) is 6.61 Å². The lowest BCUT2D eigenvalue weighted by Crippen LogP contribution is -2.31. The van der Waals surface area contributed by atoms with Crippen LogP contribution < -0.4 is 5.73 Å². The molecular weight excluding hydrogens is 224 g/mol. The highest BCUT2D eigenvalue weighted by Crippen LogP contribution is 2.24. The van der Waals surface area contributed by atoms with Crippen molar-refractivity contribution in [1.29, 1.82) is 0 Å². The molecular formula is C12H17ClN2O. The first-order valence-electron chi connectivity index (χ1n) is 5.59. The third-order valence-corrected chi connectivity index (χ3v) is 3.43. The number of hydrogen-bond donors (Lipinski definition) is 2. The van der Waals surface area contributed by atoms with Crippen LogP contribution in [0.1, 0.15) is 18.4 Å². The van der Waals surface area contributed by atoms with Crippen molar-refractivity contribution < 1.29 is 5.11 Å². The Hall–Kier alpha value is -0.770. The molecule has 0 amide bonds. The maximum absolute atomic E-state index is 9.23. The van der Waals surface area contributed by atoms with Crippen LogP contribution in [0.4, 0.5) is 5.69 Å². The quantitative estimate of drug-likeness (QED) is 0.794. The highest BCUT2D eigenvalue weighted by atomic mass is 35.5.